The van der Waals surface area contributed by atoms with Gasteiger partial charge in [-0.1, -0.05) is 104 Å². The van der Waals surface area contributed by atoms with Crippen molar-refractivity contribution >= 4 is 30.4 Å². The molecule has 0 saturated carbocycles. The Morgan fingerprint density at radius 1 is 0.806 bits per heavy atom. The molecule has 0 N–H and O–H groups in total. The van der Waals surface area contributed by atoms with E-state index in [1.54, 1.807) is 0 Å². The van der Waals surface area contributed by atoms with Crippen LogP contribution in [0.5, 0.6) is 0 Å². The second kappa shape index (κ2) is 7.97. The number of fused-ring (bicyclic) bond motifs is 3. The van der Waals surface area contributed by atoms with E-state index in [9.17, 15) is 0 Å². The van der Waals surface area contributed by atoms with Gasteiger partial charge < -0.3 is 4.90 Å². The summed E-state index contributed by atoms with van der Waals surface area (Å²) < 4.78 is 0. The smallest absolute Gasteiger partial charge is 0.136 e. The Morgan fingerprint density at radius 2 is 1.48 bits per heavy atom. The number of hydrogen-bond donors (Lipinski definition) is 0. The average Bonchev–Trinajstić information content (AvgIpc) is 2.79. The Labute approximate surface area is 187 Å². The summed E-state index contributed by atoms with van der Waals surface area (Å²) in [6.07, 6.45) is 2.02. The summed E-state index contributed by atoms with van der Waals surface area (Å²) in [7, 11) is -1.33. The highest BCUT2D eigenvalue weighted by atomic mass is 28.3. The third kappa shape index (κ3) is 3.79. The Morgan fingerprint density at radius 3 is 2.19 bits per heavy atom. The molecule has 0 aliphatic carbocycles. The number of benzene rings is 3. The van der Waals surface area contributed by atoms with Gasteiger partial charge in [-0.25, -0.2) is 0 Å². The molecule has 0 saturated heterocycles. The Kier molecular flexibility index (Phi) is 5.15. The highest BCUT2D eigenvalue weighted by Crippen LogP contribution is 2.40. The zero-order valence-corrected chi connectivity index (χ0v) is 19.7. The number of aliphatic imine (C=N–C) groups is 1. The molecule has 3 aromatic rings. The van der Waals surface area contributed by atoms with Crippen LogP contribution in [0.15, 0.2) is 83.9 Å². The maximum Gasteiger partial charge on any atom is 0.136 e. The third-order valence-electron chi connectivity index (χ3n) is 6.35. The fourth-order valence-corrected chi connectivity index (χ4v) is 5.89. The van der Waals surface area contributed by atoms with Gasteiger partial charge in [0.1, 0.15) is 5.84 Å². The summed E-state index contributed by atoms with van der Waals surface area (Å²) in [6.45, 7) is 9.17. The lowest BCUT2D eigenvalue weighted by Crippen LogP contribution is -2.39. The molecule has 0 spiro atoms. The average molecular weight is 423 g/mol. The second-order valence-electron chi connectivity index (χ2n) is 9.57. The van der Waals surface area contributed by atoms with Crippen LogP contribution >= 0.6 is 0 Å². The molecule has 0 radical (unpaired) electrons. The molecule has 2 aliphatic rings. The van der Waals surface area contributed by atoms with Gasteiger partial charge in [0.15, 0.2) is 0 Å². The molecule has 0 bridgehead atoms. The van der Waals surface area contributed by atoms with Crippen LogP contribution in [0.4, 0.5) is 0 Å². The van der Waals surface area contributed by atoms with Crippen LogP contribution in [0.2, 0.25) is 19.6 Å². The SMILES string of the molecule is C[Si](C)(C)c1ccc(C2=C(Cc3ccccc3)c3ccccc3C3=NCCCN32)cc1. The molecule has 0 atom stereocenters. The van der Waals surface area contributed by atoms with Crippen molar-refractivity contribution in [3.05, 3.63) is 101 Å². The van der Waals surface area contributed by atoms with Gasteiger partial charge in [-0.3, -0.25) is 4.99 Å². The van der Waals surface area contributed by atoms with Crippen molar-refractivity contribution in [1.82, 2.24) is 4.90 Å². The quantitative estimate of drug-likeness (QED) is 0.485. The van der Waals surface area contributed by atoms with Crippen molar-refractivity contribution in [3.8, 4) is 0 Å². The first-order valence-electron chi connectivity index (χ1n) is 11.3. The van der Waals surface area contributed by atoms with E-state index in [0.717, 1.165) is 31.8 Å². The van der Waals surface area contributed by atoms with Crippen LogP contribution in [0.25, 0.3) is 11.3 Å². The monoisotopic (exact) mass is 422 g/mol. The molecule has 0 amide bonds. The van der Waals surface area contributed by atoms with Gasteiger partial charge in [0.25, 0.3) is 0 Å². The maximum atomic E-state index is 4.98. The number of hydrogen-bond acceptors (Lipinski definition) is 2. The molecule has 5 rings (SSSR count). The van der Waals surface area contributed by atoms with Gasteiger partial charge in [-0.05, 0) is 28.7 Å². The fraction of sp³-hybridized carbons (Fsp3) is 0.250. The Hall–Kier alpha value is -2.91. The molecule has 156 valence electrons. The molecule has 2 nitrogen and oxygen atoms in total. The van der Waals surface area contributed by atoms with Crippen molar-refractivity contribution in [2.75, 3.05) is 13.1 Å². The normalized spacial score (nSPS) is 16.0. The van der Waals surface area contributed by atoms with Gasteiger partial charge in [0.05, 0.1) is 13.8 Å². The van der Waals surface area contributed by atoms with E-state index in [1.807, 2.05) is 0 Å². The van der Waals surface area contributed by atoms with E-state index < -0.39 is 8.07 Å². The summed E-state index contributed by atoms with van der Waals surface area (Å²) in [5.74, 6) is 1.14. The molecule has 2 aliphatic heterocycles. The summed E-state index contributed by atoms with van der Waals surface area (Å²) in [4.78, 5) is 7.46. The molecule has 2 heterocycles. The van der Waals surface area contributed by atoms with E-state index in [1.165, 1.54) is 38.7 Å². The molecule has 0 unspecified atom stereocenters. The molecule has 0 aromatic heterocycles. The lowest BCUT2D eigenvalue weighted by atomic mass is 9.86. The number of amidine groups is 1. The second-order valence-corrected chi connectivity index (χ2v) is 14.7. The maximum absolute atomic E-state index is 4.98. The van der Waals surface area contributed by atoms with E-state index in [0.29, 0.717) is 0 Å². The topological polar surface area (TPSA) is 15.6 Å². The summed E-state index contributed by atoms with van der Waals surface area (Å²) in [5, 5.41) is 1.50. The largest absolute Gasteiger partial charge is 0.325 e. The highest BCUT2D eigenvalue weighted by molar-refractivity contribution is 6.88. The first kappa shape index (κ1) is 20.0. The first-order valence-corrected chi connectivity index (χ1v) is 14.8. The minimum Gasteiger partial charge on any atom is -0.325 e. The summed E-state index contributed by atoms with van der Waals surface area (Å²) in [6, 6.07) is 29.1. The van der Waals surface area contributed by atoms with E-state index in [2.05, 4.69) is 103 Å². The lowest BCUT2D eigenvalue weighted by Gasteiger charge is -2.38. The minimum absolute atomic E-state index is 0.913. The Bertz CT molecular complexity index is 1150. The van der Waals surface area contributed by atoms with Crippen molar-refractivity contribution < 1.29 is 0 Å². The predicted molar refractivity (Wildman–Crippen MR) is 136 cm³/mol. The van der Waals surface area contributed by atoms with E-state index >= 15 is 0 Å². The number of nitrogens with zero attached hydrogens (tertiary/aromatic N) is 2. The van der Waals surface area contributed by atoms with Gasteiger partial charge in [-0.2, -0.15) is 0 Å². The van der Waals surface area contributed by atoms with Gasteiger partial charge >= 0.3 is 0 Å². The third-order valence-corrected chi connectivity index (χ3v) is 8.42. The van der Waals surface area contributed by atoms with Gasteiger partial charge in [-0.15, -0.1) is 0 Å². The van der Waals surface area contributed by atoms with E-state index in [4.69, 9.17) is 4.99 Å². The molecular weight excluding hydrogens is 392 g/mol. The van der Waals surface area contributed by atoms with Crippen LogP contribution in [0, 0.1) is 0 Å². The standard InChI is InChI=1S/C28H30N2Si/c1-31(2,3)23-16-14-22(15-17-23)27-26(20-21-10-5-4-6-11-21)24-12-7-8-13-25(24)28-29-18-9-19-30(27)28/h4-8,10-17H,9,18-20H2,1-3H3. The zero-order valence-electron chi connectivity index (χ0n) is 18.7. The van der Waals surface area contributed by atoms with Crippen LogP contribution < -0.4 is 5.19 Å². The van der Waals surface area contributed by atoms with Crippen molar-refractivity contribution in [1.29, 1.82) is 0 Å². The molecule has 31 heavy (non-hydrogen) atoms. The number of rotatable bonds is 4. The Balaban J connectivity index is 1.72. The molecular formula is C28H30N2Si. The highest BCUT2D eigenvalue weighted by Gasteiger charge is 2.32. The van der Waals surface area contributed by atoms with Crippen molar-refractivity contribution in [2.24, 2.45) is 4.99 Å². The first-order chi connectivity index (χ1) is 15.0. The molecule has 3 heteroatoms. The summed E-state index contributed by atoms with van der Waals surface area (Å²) in [5.41, 5.74) is 7.99. The van der Waals surface area contributed by atoms with Crippen LogP contribution in [-0.4, -0.2) is 31.9 Å². The fourth-order valence-electron chi connectivity index (χ4n) is 4.72. The zero-order chi connectivity index (χ0) is 21.4. The van der Waals surface area contributed by atoms with Crippen molar-refractivity contribution in [3.63, 3.8) is 0 Å². The van der Waals surface area contributed by atoms with Crippen molar-refractivity contribution in [2.45, 2.75) is 32.5 Å². The van der Waals surface area contributed by atoms with Crippen LogP contribution in [0.3, 0.4) is 0 Å². The predicted octanol–water partition coefficient (Wildman–Crippen LogP) is 5.81. The summed E-state index contributed by atoms with van der Waals surface area (Å²) >= 11 is 0. The lowest BCUT2D eigenvalue weighted by molar-refractivity contribution is 0.526. The minimum atomic E-state index is -1.33. The van der Waals surface area contributed by atoms with Gasteiger partial charge in [0.2, 0.25) is 0 Å². The van der Waals surface area contributed by atoms with E-state index in [-0.39, 0.29) is 0 Å². The number of allylic oxidation sites excluding steroid dienone is 1. The molecule has 0 fully saturated rings. The van der Waals surface area contributed by atoms with Crippen LogP contribution in [0.1, 0.15) is 28.7 Å². The van der Waals surface area contributed by atoms with Crippen LogP contribution in [-0.2, 0) is 6.42 Å². The molecule has 3 aromatic carbocycles. The van der Waals surface area contributed by atoms with Gasteiger partial charge in [0, 0.05) is 25.1 Å².